The number of benzene rings is 2. The van der Waals surface area contributed by atoms with E-state index in [1.54, 1.807) is 25.1 Å². The van der Waals surface area contributed by atoms with Gasteiger partial charge in [0.2, 0.25) is 0 Å². The van der Waals surface area contributed by atoms with Crippen molar-refractivity contribution in [2.24, 2.45) is 0 Å². The molecule has 3 N–H and O–H groups in total. The van der Waals surface area contributed by atoms with Gasteiger partial charge in [0.1, 0.15) is 5.82 Å². The quantitative estimate of drug-likeness (QED) is 0.689. The molecule has 0 saturated carbocycles. The highest BCUT2D eigenvalue weighted by atomic mass is 19.1. The van der Waals surface area contributed by atoms with Crippen LogP contribution in [0.2, 0.25) is 0 Å². The van der Waals surface area contributed by atoms with E-state index in [9.17, 15) is 14.0 Å². The van der Waals surface area contributed by atoms with Crippen LogP contribution in [0.3, 0.4) is 0 Å². The average molecular weight is 345 g/mol. The first kappa shape index (κ1) is 18.3. The number of rotatable bonds is 6. The van der Waals surface area contributed by atoms with Crippen molar-refractivity contribution in [2.45, 2.75) is 13.8 Å². The van der Waals surface area contributed by atoms with Crippen molar-refractivity contribution in [3.05, 3.63) is 53.8 Å². The molecule has 0 fully saturated rings. The Morgan fingerprint density at radius 3 is 2.36 bits per heavy atom. The molecule has 0 aliphatic carbocycles. The predicted molar refractivity (Wildman–Crippen MR) is 95.6 cm³/mol. The molecule has 2 rings (SSSR count). The summed E-state index contributed by atoms with van der Waals surface area (Å²) in [6.45, 7) is 4.55. The van der Waals surface area contributed by atoms with Gasteiger partial charge in [-0.2, -0.15) is 0 Å². The van der Waals surface area contributed by atoms with Gasteiger partial charge in [0.05, 0.1) is 23.5 Å². The number of nitrogens with one attached hydrogen (secondary N) is 3. The standard InChI is InChI=1S/C18H20FN3O3/c1-3-20-15-10-5-12(17(23)25-4-2)11-16(15)22-18(24)21-14-8-6-13(19)7-9-14/h5-11,20H,3-4H2,1-2H3,(H2,21,22,24). The number of carbonyl (C=O) groups excluding carboxylic acids is 2. The second kappa shape index (κ2) is 8.68. The third kappa shape index (κ3) is 5.20. The van der Waals surface area contributed by atoms with Gasteiger partial charge in [-0.1, -0.05) is 0 Å². The molecule has 0 bridgehead atoms. The summed E-state index contributed by atoms with van der Waals surface area (Å²) < 4.78 is 17.9. The van der Waals surface area contributed by atoms with Gasteiger partial charge in [0.25, 0.3) is 0 Å². The summed E-state index contributed by atoms with van der Waals surface area (Å²) in [5.74, 6) is -0.852. The molecule has 0 aromatic heterocycles. The van der Waals surface area contributed by atoms with Gasteiger partial charge in [0, 0.05) is 12.2 Å². The van der Waals surface area contributed by atoms with Gasteiger partial charge >= 0.3 is 12.0 Å². The molecule has 2 amide bonds. The summed E-state index contributed by atoms with van der Waals surface area (Å²) in [6.07, 6.45) is 0. The van der Waals surface area contributed by atoms with Crippen molar-refractivity contribution >= 4 is 29.1 Å². The normalized spacial score (nSPS) is 10.0. The molecular formula is C18H20FN3O3. The lowest BCUT2D eigenvalue weighted by molar-refractivity contribution is 0.0526. The van der Waals surface area contributed by atoms with Crippen LogP contribution in [0, 0.1) is 5.82 Å². The number of ether oxygens (including phenoxy) is 1. The molecule has 0 aliphatic rings. The lowest BCUT2D eigenvalue weighted by Gasteiger charge is -2.14. The topological polar surface area (TPSA) is 79.5 Å². The Kier molecular flexibility index (Phi) is 6.33. The maximum Gasteiger partial charge on any atom is 0.338 e. The highest BCUT2D eigenvalue weighted by Gasteiger charge is 2.12. The van der Waals surface area contributed by atoms with E-state index in [4.69, 9.17) is 4.74 Å². The average Bonchev–Trinajstić information content (AvgIpc) is 2.59. The summed E-state index contributed by atoms with van der Waals surface area (Å²) in [5.41, 5.74) is 1.89. The Balaban J connectivity index is 2.16. The van der Waals surface area contributed by atoms with Gasteiger partial charge in [0.15, 0.2) is 0 Å². The van der Waals surface area contributed by atoms with E-state index in [1.165, 1.54) is 24.3 Å². The SMILES string of the molecule is CCNc1ccc(C(=O)OCC)cc1NC(=O)Nc1ccc(F)cc1. The highest BCUT2D eigenvalue weighted by molar-refractivity contribution is 6.03. The van der Waals surface area contributed by atoms with E-state index in [0.29, 0.717) is 29.2 Å². The van der Waals surface area contributed by atoms with Crippen molar-refractivity contribution < 1.29 is 18.7 Å². The Labute approximate surface area is 145 Å². The molecule has 0 unspecified atom stereocenters. The summed E-state index contributed by atoms with van der Waals surface area (Å²) in [7, 11) is 0. The van der Waals surface area contributed by atoms with Gasteiger partial charge in [-0.25, -0.2) is 14.0 Å². The van der Waals surface area contributed by atoms with Crippen molar-refractivity contribution in [1.82, 2.24) is 0 Å². The third-order valence-electron chi connectivity index (χ3n) is 3.25. The number of halogens is 1. The van der Waals surface area contributed by atoms with Crippen LogP contribution in [-0.4, -0.2) is 25.2 Å². The fraction of sp³-hybridized carbons (Fsp3) is 0.222. The minimum absolute atomic E-state index is 0.265. The number of carbonyl (C=O) groups is 2. The Bertz CT molecular complexity index is 748. The number of anilines is 3. The Hall–Kier alpha value is -3.09. The Morgan fingerprint density at radius 2 is 1.72 bits per heavy atom. The monoisotopic (exact) mass is 345 g/mol. The van der Waals surface area contributed by atoms with Crippen molar-refractivity contribution in [2.75, 3.05) is 29.1 Å². The summed E-state index contributed by atoms with van der Waals surface area (Å²) in [5, 5.41) is 8.39. The van der Waals surface area contributed by atoms with E-state index in [0.717, 1.165) is 0 Å². The van der Waals surface area contributed by atoms with Gasteiger partial charge in [-0.3, -0.25) is 0 Å². The molecule has 0 heterocycles. The van der Waals surface area contributed by atoms with Gasteiger partial charge in [-0.05, 0) is 56.3 Å². The Morgan fingerprint density at radius 1 is 1.00 bits per heavy atom. The minimum Gasteiger partial charge on any atom is -0.462 e. The van der Waals surface area contributed by atoms with E-state index < -0.39 is 12.0 Å². The molecule has 0 radical (unpaired) electrons. The van der Waals surface area contributed by atoms with Crippen molar-refractivity contribution in [3.8, 4) is 0 Å². The van der Waals surface area contributed by atoms with Crippen LogP contribution in [0.1, 0.15) is 24.2 Å². The summed E-state index contributed by atoms with van der Waals surface area (Å²) in [4.78, 5) is 24.0. The molecule has 0 saturated heterocycles. The van der Waals surface area contributed by atoms with Crippen LogP contribution < -0.4 is 16.0 Å². The first-order chi connectivity index (χ1) is 12.0. The molecular weight excluding hydrogens is 325 g/mol. The molecule has 6 nitrogen and oxygen atoms in total. The lowest BCUT2D eigenvalue weighted by Crippen LogP contribution is -2.20. The molecule has 25 heavy (non-hydrogen) atoms. The molecule has 7 heteroatoms. The first-order valence-electron chi connectivity index (χ1n) is 7.92. The number of urea groups is 1. The number of amides is 2. The van der Waals surface area contributed by atoms with Crippen LogP contribution in [0.5, 0.6) is 0 Å². The smallest absolute Gasteiger partial charge is 0.338 e. The van der Waals surface area contributed by atoms with Crippen molar-refractivity contribution in [1.29, 1.82) is 0 Å². The van der Waals surface area contributed by atoms with E-state index >= 15 is 0 Å². The van der Waals surface area contributed by atoms with Crippen molar-refractivity contribution in [3.63, 3.8) is 0 Å². The van der Waals surface area contributed by atoms with Crippen LogP contribution in [0.4, 0.5) is 26.2 Å². The maximum absolute atomic E-state index is 12.9. The molecule has 0 atom stereocenters. The molecule has 0 spiro atoms. The van der Waals surface area contributed by atoms with E-state index in [1.807, 2.05) is 6.92 Å². The zero-order chi connectivity index (χ0) is 18.2. The zero-order valence-electron chi connectivity index (χ0n) is 14.1. The maximum atomic E-state index is 12.9. The van der Waals surface area contributed by atoms with Gasteiger partial charge < -0.3 is 20.7 Å². The third-order valence-corrected chi connectivity index (χ3v) is 3.25. The van der Waals surface area contributed by atoms with Crippen LogP contribution in [0.25, 0.3) is 0 Å². The van der Waals surface area contributed by atoms with Crippen LogP contribution in [-0.2, 0) is 4.74 Å². The fourth-order valence-corrected chi connectivity index (χ4v) is 2.15. The minimum atomic E-state index is -0.508. The van der Waals surface area contributed by atoms with E-state index in [2.05, 4.69) is 16.0 Å². The number of hydrogen-bond acceptors (Lipinski definition) is 4. The predicted octanol–water partition coefficient (Wildman–Crippen LogP) is 4.08. The second-order valence-corrected chi connectivity index (χ2v) is 5.10. The molecule has 0 aliphatic heterocycles. The molecule has 2 aromatic rings. The second-order valence-electron chi connectivity index (χ2n) is 5.10. The number of hydrogen-bond donors (Lipinski definition) is 3. The largest absolute Gasteiger partial charge is 0.462 e. The summed E-state index contributed by atoms with van der Waals surface area (Å²) >= 11 is 0. The van der Waals surface area contributed by atoms with Crippen LogP contribution in [0.15, 0.2) is 42.5 Å². The lowest BCUT2D eigenvalue weighted by atomic mass is 10.1. The van der Waals surface area contributed by atoms with E-state index in [-0.39, 0.29) is 12.4 Å². The summed E-state index contributed by atoms with van der Waals surface area (Å²) in [6, 6.07) is 9.77. The molecule has 132 valence electrons. The van der Waals surface area contributed by atoms with Crippen LogP contribution >= 0.6 is 0 Å². The number of esters is 1. The molecule has 2 aromatic carbocycles. The first-order valence-corrected chi connectivity index (χ1v) is 7.92. The fourth-order valence-electron chi connectivity index (χ4n) is 2.15. The highest BCUT2D eigenvalue weighted by Crippen LogP contribution is 2.24. The zero-order valence-corrected chi connectivity index (χ0v) is 14.1. The van der Waals surface area contributed by atoms with Gasteiger partial charge in [-0.15, -0.1) is 0 Å².